The van der Waals surface area contributed by atoms with Gasteiger partial charge >= 0.3 is 0 Å². The molecule has 21 heavy (non-hydrogen) atoms. The molecule has 0 aliphatic rings. The monoisotopic (exact) mass is 307 g/mol. The molecule has 1 heterocycles. The van der Waals surface area contributed by atoms with Crippen LogP contribution in [0.3, 0.4) is 0 Å². The van der Waals surface area contributed by atoms with Gasteiger partial charge in [-0.05, 0) is 24.6 Å². The van der Waals surface area contributed by atoms with E-state index in [9.17, 15) is 4.21 Å². The Labute approximate surface area is 129 Å². The second-order valence-corrected chi connectivity index (χ2v) is 8.49. The molecule has 2 unspecified atom stereocenters. The highest BCUT2D eigenvalue weighted by Gasteiger charge is 2.23. The Hall–Kier alpha value is -1.36. The molecule has 1 aromatic heterocycles. The van der Waals surface area contributed by atoms with E-state index >= 15 is 0 Å². The molecule has 2 N–H and O–H groups in total. The van der Waals surface area contributed by atoms with Gasteiger partial charge in [0.1, 0.15) is 5.82 Å². The van der Waals surface area contributed by atoms with Gasteiger partial charge in [0.15, 0.2) is 0 Å². The van der Waals surface area contributed by atoms with Gasteiger partial charge in [-0.3, -0.25) is 4.21 Å². The molecule has 0 aliphatic heterocycles. The van der Waals surface area contributed by atoms with Crippen LogP contribution in [0.1, 0.15) is 39.9 Å². The molecule has 0 saturated heterocycles. The van der Waals surface area contributed by atoms with Crippen molar-refractivity contribution in [1.29, 1.82) is 0 Å². The lowest BCUT2D eigenvalue weighted by Gasteiger charge is -2.21. The summed E-state index contributed by atoms with van der Waals surface area (Å²) in [6.45, 7) is 9.35. The number of nitrogen functional groups attached to an aromatic ring is 1. The van der Waals surface area contributed by atoms with Crippen molar-refractivity contribution in [3.05, 3.63) is 24.0 Å². The second kappa shape index (κ2) is 5.79. The standard InChI is InChI=1S/C16H25N3OS/c1-11(21(5)20)8-9-19-14-7-6-12(17)10-13(14)18-15(19)16(2,3)4/h6-7,10-11H,8-9,17H2,1-5H3. The van der Waals surface area contributed by atoms with E-state index in [0.29, 0.717) is 0 Å². The average Bonchev–Trinajstić information content (AvgIpc) is 2.73. The van der Waals surface area contributed by atoms with E-state index in [0.717, 1.165) is 35.5 Å². The van der Waals surface area contributed by atoms with Crippen LogP contribution >= 0.6 is 0 Å². The van der Waals surface area contributed by atoms with E-state index in [1.807, 2.05) is 25.1 Å². The number of hydrogen-bond donors (Lipinski definition) is 1. The highest BCUT2D eigenvalue weighted by atomic mass is 32.2. The molecule has 1 aromatic carbocycles. The van der Waals surface area contributed by atoms with Crippen molar-refractivity contribution >= 4 is 27.5 Å². The first-order valence-corrected chi connectivity index (χ1v) is 8.90. The molecule has 2 atom stereocenters. The summed E-state index contributed by atoms with van der Waals surface area (Å²) in [7, 11) is -0.791. The van der Waals surface area contributed by atoms with Gasteiger partial charge in [-0.1, -0.05) is 27.7 Å². The van der Waals surface area contributed by atoms with E-state index in [-0.39, 0.29) is 10.7 Å². The van der Waals surface area contributed by atoms with Crippen LogP contribution in [0.25, 0.3) is 11.0 Å². The van der Waals surface area contributed by atoms with Crippen molar-refractivity contribution in [2.75, 3.05) is 12.0 Å². The first kappa shape index (κ1) is 16.0. The van der Waals surface area contributed by atoms with Gasteiger partial charge in [0.25, 0.3) is 0 Å². The van der Waals surface area contributed by atoms with Crippen LogP contribution in [0.4, 0.5) is 5.69 Å². The summed E-state index contributed by atoms with van der Waals surface area (Å²) in [5, 5.41) is 0.184. The zero-order valence-electron chi connectivity index (χ0n) is 13.5. The van der Waals surface area contributed by atoms with E-state index < -0.39 is 10.8 Å². The topological polar surface area (TPSA) is 60.9 Å². The molecule has 2 rings (SSSR count). The summed E-state index contributed by atoms with van der Waals surface area (Å²) in [5.41, 5.74) is 8.59. The Kier molecular flexibility index (Phi) is 4.42. The Morgan fingerprint density at radius 3 is 2.62 bits per heavy atom. The van der Waals surface area contributed by atoms with Gasteiger partial charge in [-0.25, -0.2) is 4.98 Å². The number of nitrogens with zero attached hydrogens (tertiary/aromatic N) is 2. The Morgan fingerprint density at radius 1 is 1.38 bits per heavy atom. The molecule has 0 spiro atoms. The van der Waals surface area contributed by atoms with Crippen LogP contribution in [0.15, 0.2) is 18.2 Å². The maximum absolute atomic E-state index is 11.6. The fourth-order valence-electron chi connectivity index (χ4n) is 2.42. The quantitative estimate of drug-likeness (QED) is 0.883. The zero-order chi connectivity index (χ0) is 15.8. The van der Waals surface area contributed by atoms with Crippen molar-refractivity contribution in [3.63, 3.8) is 0 Å². The number of hydrogen-bond acceptors (Lipinski definition) is 3. The summed E-state index contributed by atoms with van der Waals surface area (Å²) in [6.07, 6.45) is 2.64. The number of nitrogens with two attached hydrogens (primary N) is 1. The minimum absolute atomic E-state index is 0.0393. The van der Waals surface area contributed by atoms with Gasteiger partial charge in [0.05, 0.1) is 11.0 Å². The molecular weight excluding hydrogens is 282 g/mol. The predicted octanol–water partition coefficient (Wildman–Crippen LogP) is 3.07. The highest BCUT2D eigenvalue weighted by Crippen LogP contribution is 2.28. The van der Waals surface area contributed by atoms with Crippen LogP contribution in [-0.2, 0) is 22.8 Å². The number of fused-ring (bicyclic) bond motifs is 1. The summed E-state index contributed by atoms with van der Waals surface area (Å²) in [5.74, 6) is 1.05. The van der Waals surface area contributed by atoms with Crippen LogP contribution in [0, 0.1) is 0 Å². The van der Waals surface area contributed by atoms with Gasteiger partial charge in [0, 0.05) is 40.0 Å². The van der Waals surface area contributed by atoms with Crippen molar-refractivity contribution < 1.29 is 4.21 Å². The third-order valence-electron chi connectivity index (χ3n) is 3.77. The summed E-state index contributed by atoms with van der Waals surface area (Å²) in [4.78, 5) is 4.77. The van der Waals surface area contributed by atoms with E-state index in [1.54, 1.807) is 6.26 Å². The fraction of sp³-hybridized carbons (Fsp3) is 0.562. The van der Waals surface area contributed by atoms with Crippen LogP contribution in [0.2, 0.25) is 0 Å². The smallest absolute Gasteiger partial charge is 0.115 e. The normalized spacial score (nSPS) is 15.3. The number of imidazole rings is 1. The first-order valence-electron chi connectivity index (χ1n) is 7.28. The molecule has 116 valence electrons. The zero-order valence-corrected chi connectivity index (χ0v) is 14.3. The Morgan fingerprint density at radius 2 is 2.05 bits per heavy atom. The van der Waals surface area contributed by atoms with Crippen molar-refractivity contribution in [2.45, 2.75) is 51.3 Å². The molecule has 0 fully saturated rings. The van der Waals surface area contributed by atoms with Crippen molar-refractivity contribution in [2.24, 2.45) is 0 Å². The third kappa shape index (κ3) is 3.46. The molecule has 5 heteroatoms. The minimum atomic E-state index is -0.791. The fourth-order valence-corrected chi connectivity index (χ4v) is 2.86. The SMILES string of the molecule is CC(CCn1c(C(C)(C)C)nc2cc(N)ccc21)S(C)=O. The Balaban J connectivity index is 2.46. The van der Waals surface area contributed by atoms with E-state index in [4.69, 9.17) is 10.7 Å². The number of anilines is 1. The van der Waals surface area contributed by atoms with Crippen LogP contribution < -0.4 is 5.73 Å². The molecule has 2 aromatic rings. The van der Waals surface area contributed by atoms with Gasteiger partial charge < -0.3 is 10.3 Å². The summed E-state index contributed by atoms with van der Waals surface area (Å²) >= 11 is 0. The lowest BCUT2D eigenvalue weighted by atomic mass is 9.95. The largest absolute Gasteiger partial charge is 0.399 e. The van der Waals surface area contributed by atoms with Crippen LogP contribution in [-0.4, -0.2) is 25.3 Å². The van der Waals surface area contributed by atoms with E-state index in [1.165, 1.54) is 0 Å². The molecule has 4 nitrogen and oxygen atoms in total. The maximum Gasteiger partial charge on any atom is 0.115 e. The highest BCUT2D eigenvalue weighted by molar-refractivity contribution is 7.84. The maximum atomic E-state index is 11.6. The molecule has 0 aliphatic carbocycles. The Bertz CT molecular complexity index is 670. The number of benzene rings is 1. The van der Waals surface area contributed by atoms with Gasteiger partial charge in [-0.2, -0.15) is 0 Å². The first-order chi connectivity index (χ1) is 9.70. The third-order valence-corrected chi connectivity index (χ3v) is 5.14. The molecule has 0 saturated carbocycles. The molecule has 0 bridgehead atoms. The molecular formula is C16H25N3OS. The van der Waals surface area contributed by atoms with Gasteiger partial charge in [-0.15, -0.1) is 0 Å². The summed E-state index contributed by atoms with van der Waals surface area (Å²) in [6, 6.07) is 5.86. The lowest BCUT2D eigenvalue weighted by Crippen LogP contribution is -2.21. The lowest BCUT2D eigenvalue weighted by molar-refractivity contribution is 0.495. The minimum Gasteiger partial charge on any atom is -0.399 e. The summed E-state index contributed by atoms with van der Waals surface area (Å²) < 4.78 is 13.8. The van der Waals surface area contributed by atoms with E-state index in [2.05, 4.69) is 25.3 Å². The number of aryl methyl sites for hydroxylation is 1. The number of rotatable bonds is 4. The second-order valence-electron chi connectivity index (χ2n) is 6.68. The van der Waals surface area contributed by atoms with Gasteiger partial charge in [0.2, 0.25) is 0 Å². The van der Waals surface area contributed by atoms with Crippen molar-refractivity contribution in [1.82, 2.24) is 9.55 Å². The molecule has 0 radical (unpaired) electrons. The average molecular weight is 307 g/mol. The molecule has 0 amide bonds. The van der Waals surface area contributed by atoms with Crippen LogP contribution in [0.5, 0.6) is 0 Å². The number of aromatic nitrogens is 2. The predicted molar refractivity (Wildman–Crippen MR) is 91.0 cm³/mol. The van der Waals surface area contributed by atoms with Crippen molar-refractivity contribution in [3.8, 4) is 0 Å².